The second kappa shape index (κ2) is 12.8. The molecule has 0 saturated heterocycles. The molecule has 0 bridgehead atoms. The van der Waals surface area contributed by atoms with E-state index in [0.717, 1.165) is 66.0 Å². The number of benzene rings is 9. The second-order valence-corrected chi connectivity index (χ2v) is 16.7. The van der Waals surface area contributed by atoms with E-state index in [2.05, 4.69) is 150 Å². The van der Waals surface area contributed by atoms with Gasteiger partial charge in [-0.15, -0.1) is 0 Å². The first kappa shape index (κ1) is 34.3. The largest absolute Gasteiger partial charge is 0.455 e. The fraction of sp³-hybridized carbons (Fsp3) is 0.0172. The Morgan fingerprint density at radius 2 is 0.889 bits per heavy atom. The van der Waals surface area contributed by atoms with E-state index in [1.165, 1.54) is 44.5 Å². The van der Waals surface area contributed by atoms with Crippen LogP contribution in [0.5, 0.6) is 0 Å². The van der Waals surface area contributed by atoms with Gasteiger partial charge in [0.1, 0.15) is 11.2 Å². The summed E-state index contributed by atoms with van der Waals surface area (Å²) >= 11 is 0. The Bertz CT molecular complexity index is 3760. The molecule has 2 aliphatic rings. The van der Waals surface area contributed by atoms with E-state index in [9.17, 15) is 0 Å². The van der Waals surface area contributed by atoms with Crippen LogP contribution in [0.2, 0.25) is 0 Å². The van der Waals surface area contributed by atoms with E-state index in [1.807, 2.05) is 60.7 Å². The minimum atomic E-state index is -0.441. The molecule has 0 amide bonds. The molecule has 14 rings (SSSR count). The molecular weight excluding hydrogens is 769 g/mol. The first-order chi connectivity index (χ1) is 31.2. The van der Waals surface area contributed by atoms with Crippen molar-refractivity contribution in [3.05, 3.63) is 229 Å². The van der Waals surface area contributed by atoms with Crippen molar-refractivity contribution in [3.63, 3.8) is 0 Å². The van der Waals surface area contributed by atoms with Crippen molar-refractivity contribution in [2.45, 2.75) is 5.41 Å². The van der Waals surface area contributed by atoms with Crippen LogP contribution in [-0.2, 0) is 5.41 Å². The second-order valence-electron chi connectivity index (χ2n) is 16.7. The maximum atomic E-state index is 7.12. The number of nitrogens with zero attached hydrogens (tertiary/aromatic N) is 4. The van der Waals surface area contributed by atoms with Crippen molar-refractivity contribution < 1.29 is 4.42 Å². The number of rotatable bonds is 4. The van der Waals surface area contributed by atoms with E-state index < -0.39 is 5.41 Å². The van der Waals surface area contributed by atoms with E-state index in [1.54, 1.807) is 0 Å². The summed E-state index contributed by atoms with van der Waals surface area (Å²) < 4.78 is 9.30. The molecule has 9 aromatic carbocycles. The topological polar surface area (TPSA) is 56.7 Å². The van der Waals surface area contributed by atoms with Crippen LogP contribution in [0.1, 0.15) is 22.3 Å². The van der Waals surface area contributed by atoms with E-state index in [0.29, 0.717) is 17.6 Å². The average molecular weight is 803 g/mol. The smallest absolute Gasteiger partial charge is 0.238 e. The van der Waals surface area contributed by atoms with E-state index in [-0.39, 0.29) is 0 Å². The molecule has 5 heteroatoms. The summed E-state index contributed by atoms with van der Waals surface area (Å²) in [6, 6.07) is 73.6. The minimum absolute atomic E-state index is 0.441. The SMILES string of the molecule is c1ccc(-c2nc(-c3ccccc3)nc(-n3c4ccccc4c4ccc(-c5cccc6c5oc5cc7c(cc56)-c5ccccc5C75c6ccccc6-c6ccccc65)cc43)n2)cc1. The molecule has 0 aliphatic heterocycles. The van der Waals surface area contributed by atoms with Gasteiger partial charge in [0, 0.05) is 38.2 Å². The number of furan rings is 1. The van der Waals surface area contributed by atoms with Crippen molar-refractivity contribution in [2.75, 3.05) is 0 Å². The van der Waals surface area contributed by atoms with Gasteiger partial charge in [-0.25, -0.2) is 4.98 Å². The average Bonchev–Trinajstić information content (AvgIpc) is 4.07. The Labute approximate surface area is 362 Å². The summed E-state index contributed by atoms with van der Waals surface area (Å²) in [4.78, 5) is 15.4. The van der Waals surface area contributed by atoms with Crippen LogP contribution in [0, 0.1) is 0 Å². The lowest BCUT2D eigenvalue weighted by atomic mass is 9.70. The van der Waals surface area contributed by atoms with Gasteiger partial charge < -0.3 is 4.42 Å². The summed E-state index contributed by atoms with van der Waals surface area (Å²) in [5.74, 6) is 1.80. The van der Waals surface area contributed by atoms with Gasteiger partial charge in [0.15, 0.2) is 11.6 Å². The Morgan fingerprint density at radius 3 is 1.56 bits per heavy atom. The molecule has 12 aromatic rings. The number of aromatic nitrogens is 4. The van der Waals surface area contributed by atoms with Gasteiger partial charge in [0.05, 0.1) is 16.4 Å². The molecule has 292 valence electrons. The highest BCUT2D eigenvalue weighted by Crippen LogP contribution is 2.63. The van der Waals surface area contributed by atoms with Gasteiger partial charge in [-0.3, -0.25) is 4.57 Å². The molecule has 2 aliphatic carbocycles. The summed E-state index contributed by atoms with van der Waals surface area (Å²) in [6.07, 6.45) is 0. The van der Waals surface area contributed by atoms with Crippen molar-refractivity contribution in [3.8, 4) is 62.1 Å². The lowest BCUT2D eigenvalue weighted by Gasteiger charge is -2.30. The first-order valence-electron chi connectivity index (χ1n) is 21.4. The van der Waals surface area contributed by atoms with Gasteiger partial charge in [0.25, 0.3) is 0 Å². The fourth-order valence-corrected chi connectivity index (χ4v) is 10.9. The molecular formula is C58H34N4O. The molecule has 3 heterocycles. The van der Waals surface area contributed by atoms with Crippen LogP contribution >= 0.6 is 0 Å². The molecule has 0 fully saturated rings. The predicted octanol–water partition coefficient (Wildman–Crippen LogP) is 14.2. The van der Waals surface area contributed by atoms with Crippen molar-refractivity contribution >= 4 is 43.7 Å². The molecule has 5 nitrogen and oxygen atoms in total. The monoisotopic (exact) mass is 802 g/mol. The Morgan fingerprint density at radius 1 is 0.349 bits per heavy atom. The molecule has 0 N–H and O–H groups in total. The van der Waals surface area contributed by atoms with E-state index >= 15 is 0 Å². The molecule has 0 saturated carbocycles. The Kier molecular flexibility index (Phi) is 6.97. The number of para-hydroxylation sites is 2. The third-order valence-corrected chi connectivity index (χ3v) is 13.5. The van der Waals surface area contributed by atoms with Crippen molar-refractivity contribution in [1.82, 2.24) is 19.5 Å². The zero-order valence-corrected chi connectivity index (χ0v) is 33.8. The molecule has 0 radical (unpaired) electrons. The van der Waals surface area contributed by atoms with Gasteiger partial charge in [-0.05, 0) is 74.3 Å². The third-order valence-electron chi connectivity index (χ3n) is 13.5. The highest BCUT2D eigenvalue weighted by atomic mass is 16.3. The lowest BCUT2D eigenvalue weighted by molar-refractivity contribution is 0.667. The zero-order chi connectivity index (χ0) is 41.2. The van der Waals surface area contributed by atoms with Gasteiger partial charge in [-0.2, -0.15) is 9.97 Å². The van der Waals surface area contributed by atoms with Crippen LogP contribution < -0.4 is 0 Å². The Balaban J connectivity index is 0.992. The van der Waals surface area contributed by atoms with Gasteiger partial charge in [-0.1, -0.05) is 182 Å². The van der Waals surface area contributed by atoms with E-state index in [4.69, 9.17) is 19.4 Å². The van der Waals surface area contributed by atoms with Crippen molar-refractivity contribution in [2.24, 2.45) is 0 Å². The van der Waals surface area contributed by atoms with Crippen LogP contribution in [0.25, 0.3) is 106 Å². The van der Waals surface area contributed by atoms with Crippen molar-refractivity contribution in [1.29, 1.82) is 0 Å². The summed E-state index contributed by atoms with van der Waals surface area (Å²) in [6.45, 7) is 0. The van der Waals surface area contributed by atoms with Gasteiger partial charge >= 0.3 is 0 Å². The predicted molar refractivity (Wildman–Crippen MR) is 254 cm³/mol. The quantitative estimate of drug-likeness (QED) is 0.178. The molecule has 0 atom stereocenters. The Hall–Kier alpha value is -8.41. The highest BCUT2D eigenvalue weighted by Gasteiger charge is 2.51. The zero-order valence-electron chi connectivity index (χ0n) is 33.8. The maximum Gasteiger partial charge on any atom is 0.238 e. The molecule has 0 unspecified atom stereocenters. The highest BCUT2D eigenvalue weighted by molar-refractivity contribution is 6.14. The number of hydrogen-bond donors (Lipinski definition) is 0. The van der Waals surface area contributed by atoms with Crippen LogP contribution in [0.4, 0.5) is 0 Å². The normalized spacial score (nSPS) is 13.2. The van der Waals surface area contributed by atoms with Crippen LogP contribution in [0.3, 0.4) is 0 Å². The standard InChI is InChI=1S/C58H34N4O/c1-3-16-35(17-4-1)55-59-56(36-18-5-2-6-19-36)61-57(60-55)62-51-29-14-10-23-42(51)43-31-30-37(32-52(43)62)38-24-15-25-44-46-33-45-41-22-9-13-28-49(41)58(50(45)34-53(46)63-54(38)44)47-26-11-7-20-39(47)40-21-8-12-27-48(40)58/h1-34H. The molecule has 63 heavy (non-hydrogen) atoms. The summed E-state index contributed by atoms with van der Waals surface area (Å²) in [5, 5.41) is 4.45. The first-order valence-corrected chi connectivity index (χ1v) is 21.4. The fourth-order valence-electron chi connectivity index (χ4n) is 10.9. The summed E-state index contributed by atoms with van der Waals surface area (Å²) in [5.41, 5.74) is 17.6. The third kappa shape index (κ3) is 4.68. The summed E-state index contributed by atoms with van der Waals surface area (Å²) in [7, 11) is 0. The molecule has 1 spiro atoms. The molecule has 3 aromatic heterocycles. The number of fused-ring (bicyclic) bond motifs is 16. The maximum absolute atomic E-state index is 7.12. The van der Waals surface area contributed by atoms with Crippen LogP contribution in [0.15, 0.2) is 211 Å². The van der Waals surface area contributed by atoms with Crippen LogP contribution in [-0.4, -0.2) is 19.5 Å². The lowest BCUT2D eigenvalue weighted by Crippen LogP contribution is -2.25. The van der Waals surface area contributed by atoms with Gasteiger partial charge in [0.2, 0.25) is 5.95 Å². The minimum Gasteiger partial charge on any atom is -0.455 e. The number of hydrogen-bond acceptors (Lipinski definition) is 4.